The average Bonchev–Trinajstić information content (AvgIpc) is 2.56. The molecule has 1 aromatic carbocycles. The fraction of sp³-hybridized carbons (Fsp3) is 0.632. The van der Waals surface area contributed by atoms with Crippen molar-refractivity contribution in [3.8, 4) is 0 Å². The van der Waals surface area contributed by atoms with Gasteiger partial charge in [-0.3, -0.25) is 9.89 Å². The smallest absolute Gasteiger partial charge is 0.190 e. The van der Waals surface area contributed by atoms with Crippen molar-refractivity contribution < 1.29 is 4.74 Å². The summed E-state index contributed by atoms with van der Waals surface area (Å²) in [6.45, 7) is 9.17. The highest BCUT2D eigenvalue weighted by atomic mass is 35.5. The van der Waals surface area contributed by atoms with E-state index in [2.05, 4.69) is 40.4 Å². The molecule has 1 saturated heterocycles. The predicted molar refractivity (Wildman–Crippen MR) is 106 cm³/mol. The zero-order valence-corrected chi connectivity index (χ0v) is 16.4. The second-order valence-electron chi connectivity index (χ2n) is 6.68. The van der Waals surface area contributed by atoms with Crippen LogP contribution in [0.15, 0.2) is 29.3 Å². The molecule has 1 aliphatic rings. The molecule has 2 atom stereocenters. The molecule has 0 radical (unpaired) electrons. The molecule has 0 amide bonds. The SMILES string of the molecule is CN=C(NCCCN1CC(C)OC(C)C1)NCCc1cccc(Cl)c1. The summed E-state index contributed by atoms with van der Waals surface area (Å²) >= 11 is 6.01. The summed E-state index contributed by atoms with van der Waals surface area (Å²) in [5.41, 5.74) is 1.23. The number of rotatable bonds is 7. The molecule has 0 saturated carbocycles. The number of nitrogens with one attached hydrogen (secondary N) is 2. The van der Waals surface area contributed by atoms with Crippen LogP contribution in [0.25, 0.3) is 0 Å². The fourth-order valence-corrected chi connectivity index (χ4v) is 3.43. The van der Waals surface area contributed by atoms with Crippen molar-refractivity contribution in [1.82, 2.24) is 15.5 Å². The molecule has 2 unspecified atom stereocenters. The van der Waals surface area contributed by atoms with Crippen molar-refractivity contribution in [3.05, 3.63) is 34.9 Å². The van der Waals surface area contributed by atoms with Crippen molar-refractivity contribution in [3.63, 3.8) is 0 Å². The van der Waals surface area contributed by atoms with Crippen LogP contribution in [0.4, 0.5) is 0 Å². The molecule has 25 heavy (non-hydrogen) atoms. The maximum Gasteiger partial charge on any atom is 0.190 e. The van der Waals surface area contributed by atoms with Gasteiger partial charge in [0.15, 0.2) is 5.96 Å². The minimum absolute atomic E-state index is 0.331. The maximum atomic E-state index is 6.01. The van der Waals surface area contributed by atoms with Gasteiger partial charge in [-0.05, 0) is 44.4 Å². The van der Waals surface area contributed by atoms with Crippen molar-refractivity contribution >= 4 is 17.6 Å². The second kappa shape index (κ2) is 10.6. The number of morpholine rings is 1. The van der Waals surface area contributed by atoms with Gasteiger partial charge in [-0.2, -0.15) is 0 Å². The van der Waals surface area contributed by atoms with Crippen LogP contribution in [0.5, 0.6) is 0 Å². The molecular formula is C19H31ClN4O. The number of guanidine groups is 1. The van der Waals surface area contributed by atoms with E-state index in [1.54, 1.807) is 7.05 Å². The third-order valence-corrected chi connectivity index (χ3v) is 4.49. The van der Waals surface area contributed by atoms with Gasteiger partial charge in [0.05, 0.1) is 12.2 Å². The lowest BCUT2D eigenvalue weighted by Crippen LogP contribution is -2.46. The van der Waals surface area contributed by atoms with Crippen LogP contribution < -0.4 is 10.6 Å². The van der Waals surface area contributed by atoms with Crippen LogP contribution in [-0.2, 0) is 11.2 Å². The topological polar surface area (TPSA) is 48.9 Å². The Labute approximate surface area is 156 Å². The zero-order valence-electron chi connectivity index (χ0n) is 15.6. The summed E-state index contributed by atoms with van der Waals surface area (Å²) < 4.78 is 5.77. The highest BCUT2D eigenvalue weighted by Crippen LogP contribution is 2.11. The first-order valence-corrected chi connectivity index (χ1v) is 9.51. The third-order valence-electron chi connectivity index (χ3n) is 4.26. The summed E-state index contributed by atoms with van der Waals surface area (Å²) in [7, 11) is 1.81. The van der Waals surface area contributed by atoms with E-state index in [0.29, 0.717) is 12.2 Å². The number of hydrogen-bond acceptors (Lipinski definition) is 3. The van der Waals surface area contributed by atoms with Crippen molar-refractivity contribution in [1.29, 1.82) is 0 Å². The quantitative estimate of drug-likeness (QED) is 0.442. The largest absolute Gasteiger partial charge is 0.373 e. The van der Waals surface area contributed by atoms with E-state index in [9.17, 15) is 0 Å². The molecule has 1 aliphatic heterocycles. The number of ether oxygens (including phenoxy) is 1. The van der Waals surface area contributed by atoms with E-state index in [-0.39, 0.29) is 0 Å². The maximum absolute atomic E-state index is 6.01. The van der Waals surface area contributed by atoms with Crippen LogP contribution in [0.3, 0.4) is 0 Å². The molecule has 140 valence electrons. The summed E-state index contributed by atoms with van der Waals surface area (Å²) in [5, 5.41) is 7.52. The molecule has 0 aliphatic carbocycles. The zero-order chi connectivity index (χ0) is 18.1. The normalized spacial score (nSPS) is 22.0. The summed E-state index contributed by atoms with van der Waals surface area (Å²) in [4.78, 5) is 6.76. The Kier molecular flexibility index (Phi) is 8.52. The molecule has 0 bridgehead atoms. The van der Waals surface area contributed by atoms with Gasteiger partial charge in [-0.15, -0.1) is 0 Å². The van der Waals surface area contributed by atoms with Gasteiger partial charge in [0.25, 0.3) is 0 Å². The van der Waals surface area contributed by atoms with Gasteiger partial charge in [0.2, 0.25) is 0 Å². The van der Waals surface area contributed by atoms with E-state index in [1.807, 2.05) is 18.2 Å². The lowest BCUT2D eigenvalue weighted by Gasteiger charge is -2.35. The van der Waals surface area contributed by atoms with Gasteiger partial charge in [0.1, 0.15) is 0 Å². The van der Waals surface area contributed by atoms with Gasteiger partial charge in [-0.1, -0.05) is 23.7 Å². The molecule has 1 fully saturated rings. The fourth-order valence-electron chi connectivity index (χ4n) is 3.21. The lowest BCUT2D eigenvalue weighted by molar-refractivity contribution is -0.0679. The molecule has 2 rings (SSSR count). The monoisotopic (exact) mass is 366 g/mol. The van der Waals surface area contributed by atoms with Crippen molar-refractivity contribution in [2.75, 3.05) is 39.8 Å². The molecule has 6 heteroatoms. The van der Waals surface area contributed by atoms with Crippen molar-refractivity contribution in [2.24, 2.45) is 4.99 Å². The van der Waals surface area contributed by atoms with Crippen molar-refractivity contribution in [2.45, 2.75) is 38.9 Å². The lowest BCUT2D eigenvalue weighted by atomic mass is 10.1. The van der Waals surface area contributed by atoms with Crippen LogP contribution in [0.1, 0.15) is 25.8 Å². The molecule has 1 heterocycles. The Morgan fingerprint density at radius 2 is 1.96 bits per heavy atom. The van der Waals surface area contributed by atoms with Gasteiger partial charge in [0, 0.05) is 44.8 Å². The third kappa shape index (κ3) is 7.63. The molecule has 5 nitrogen and oxygen atoms in total. The Hall–Kier alpha value is -1.30. The first-order valence-electron chi connectivity index (χ1n) is 9.13. The van der Waals surface area contributed by atoms with Gasteiger partial charge in [-0.25, -0.2) is 0 Å². The van der Waals surface area contributed by atoms with E-state index < -0.39 is 0 Å². The predicted octanol–water partition coefficient (Wildman–Crippen LogP) is 2.55. The molecular weight excluding hydrogens is 336 g/mol. The van der Waals surface area contributed by atoms with Crippen LogP contribution >= 0.6 is 11.6 Å². The Bertz CT molecular complexity index is 542. The summed E-state index contributed by atoms with van der Waals surface area (Å²) in [6, 6.07) is 7.98. The van der Waals surface area contributed by atoms with Crippen LogP contribution in [-0.4, -0.2) is 62.8 Å². The highest BCUT2D eigenvalue weighted by Gasteiger charge is 2.21. The van der Waals surface area contributed by atoms with Gasteiger partial charge < -0.3 is 15.4 Å². The number of benzene rings is 1. The number of halogens is 1. The number of hydrogen-bond donors (Lipinski definition) is 2. The highest BCUT2D eigenvalue weighted by molar-refractivity contribution is 6.30. The number of aliphatic imine (C=N–C) groups is 1. The summed E-state index contributed by atoms with van der Waals surface area (Å²) in [5.74, 6) is 0.853. The van der Waals surface area contributed by atoms with E-state index in [0.717, 1.165) is 56.5 Å². The molecule has 0 aromatic heterocycles. The molecule has 2 N–H and O–H groups in total. The number of nitrogens with zero attached hydrogens (tertiary/aromatic N) is 2. The van der Waals surface area contributed by atoms with E-state index in [4.69, 9.17) is 16.3 Å². The Balaban J connectivity index is 1.60. The second-order valence-corrected chi connectivity index (χ2v) is 7.11. The van der Waals surface area contributed by atoms with E-state index >= 15 is 0 Å². The Morgan fingerprint density at radius 1 is 1.24 bits per heavy atom. The first-order chi connectivity index (χ1) is 12.1. The first kappa shape index (κ1) is 20.0. The molecule has 0 spiro atoms. The molecule has 1 aromatic rings. The average molecular weight is 367 g/mol. The van der Waals surface area contributed by atoms with E-state index in [1.165, 1.54) is 5.56 Å². The van der Waals surface area contributed by atoms with Gasteiger partial charge >= 0.3 is 0 Å². The minimum Gasteiger partial charge on any atom is -0.373 e. The Morgan fingerprint density at radius 3 is 2.64 bits per heavy atom. The van der Waals surface area contributed by atoms with Crippen LogP contribution in [0.2, 0.25) is 5.02 Å². The summed E-state index contributed by atoms with van der Waals surface area (Å²) in [6.07, 6.45) is 2.68. The minimum atomic E-state index is 0.331. The standard InChI is InChI=1S/C19H31ClN4O/c1-15-13-24(14-16(2)25-15)11-5-9-22-19(21-3)23-10-8-17-6-4-7-18(20)12-17/h4,6-7,12,15-16H,5,8-11,13-14H2,1-3H3,(H2,21,22,23). The van der Waals surface area contributed by atoms with Crippen LogP contribution in [0, 0.1) is 0 Å².